The minimum Gasteiger partial charge on any atom is -0.496 e. The summed E-state index contributed by atoms with van der Waals surface area (Å²) in [5.74, 6) is 0.703. The molecule has 86 valence electrons. The van der Waals surface area contributed by atoms with Crippen LogP contribution >= 0.6 is 28.3 Å². The molecule has 0 saturated carbocycles. The van der Waals surface area contributed by atoms with Crippen molar-refractivity contribution in [2.24, 2.45) is 5.73 Å². The Kier molecular flexibility index (Phi) is 6.89. The molecule has 0 unspecified atom stereocenters. The zero-order valence-corrected chi connectivity index (χ0v) is 10.8. The molecule has 0 spiro atoms. The fourth-order valence-corrected chi connectivity index (χ4v) is 1.65. The van der Waals surface area contributed by atoms with Crippen molar-refractivity contribution in [3.05, 3.63) is 28.2 Å². The third kappa shape index (κ3) is 3.97. The molecule has 0 aromatic heterocycles. The van der Waals surface area contributed by atoms with Gasteiger partial charge >= 0.3 is 0 Å². The zero-order chi connectivity index (χ0) is 10.6. The lowest BCUT2D eigenvalue weighted by atomic mass is 10.0. The quantitative estimate of drug-likeness (QED) is 0.926. The van der Waals surface area contributed by atoms with Crippen molar-refractivity contribution in [1.29, 1.82) is 0 Å². The van der Waals surface area contributed by atoms with E-state index in [4.69, 9.17) is 10.5 Å². The smallest absolute Gasteiger partial charge is 0.123 e. The number of rotatable bonds is 4. The molecular formula is C10H14BrClFNO. The number of hydrogen-bond donors (Lipinski definition) is 1. The maximum absolute atomic E-state index is 12.1. The van der Waals surface area contributed by atoms with Gasteiger partial charge in [-0.3, -0.25) is 4.39 Å². The van der Waals surface area contributed by atoms with E-state index in [1.54, 1.807) is 7.11 Å². The Bertz CT molecular complexity index is 311. The summed E-state index contributed by atoms with van der Waals surface area (Å²) >= 11 is 3.34. The fraction of sp³-hybridized carbons (Fsp3) is 0.400. The number of ether oxygens (including phenoxy) is 1. The van der Waals surface area contributed by atoms with Crippen LogP contribution in [0, 0.1) is 0 Å². The van der Waals surface area contributed by atoms with Crippen LogP contribution in [0.1, 0.15) is 18.0 Å². The maximum atomic E-state index is 12.1. The molecule has 2 N–H and O–H groups in total. The molecule has 1 aromatic carbocycles. The van der Waals surface area contributed by atoms with Gasteiger partial charge in [-0.05, 0) is 24.6 Å². The maximum Gasteiger partial charge on any atom is 0.123 e. The van der Waals surface area contributed by atoms with E-state index in [0.29, 0.717) is 12.2 Å². The van der Waals surface area contributed by atoms with Crippen molar-refractivity contribution in [2.75, 3.05) is 13.8 Å². The van der Waals surface area contributed by atoms with E-state index in [-0.39, 0.29) is 18.4 Å². The molecule has 0 aliphatic heterocycles. The molecule has 0 amide bonds. The Balaban J connectivity index is 0.00000196. The second-order valence-electron chi connectivity index (χ2n) is 2.97. The van der Waals surface area contributed by atoms with Gasteiger partial charge in [0.2, 0.25) is 0 Å². The van der Waals surface area contributed by atoms with Crippen molar-refractivity contribution < 1.29 is 9.13 Å². The van der Waals surface area contributed by atoms with Crippen LogP contribution < -0.4 is 10.5 Å². The first-order valence-electron chi connectivity index (χ1n) is 4.34. The average Bonchev–Trinajstić information content (AvgIpc) is 2.18. The highest BCUT2D eigenvalue weighted by molar-refractivity contribution is 9.10. The number of alkyl halides is 1. The molecule has 0 aliphatic rings. The lowest BCUT2D eigenvalue weighted by Gasteiger charge is -2.14. The van der Waals surface area contributed by atoms with Gasteiger partial charge < -0.3 is 10.5 Å². The van der Waals surface area contributed by atoms with Gasteiger partial charge in [-0.25, -0.2) is 0 Å². The Labute approximate surface area is 104 Å². The van der Waals surface area contributed by atoms with Crippen LogP contribution in [-0.2, 0) is 0 Å². The van der Waals surface area contributed by atoms with E-state index in [0.717, 1.165) is 10.0 Å². The second-order valence-corrected chi connectivity index (χ2v) is 3.89. The molecule has 0 aliphatic carbocycles. The van der Waals surface area contributed by atoms with Gasteiger partial charge in [-0.15, -0.1) is 12.4 Å². The molecule has 1 aromatic rings. The van der Waals surface area contributed by atoms with Gasteiger partial charge in [0, 0.05) is 16.1 Å². The van der Waals surface area contributed by atoms with Crippen LogP contribution in [0.5, 0.6) is 5.75 Å². The first-order valence-corrected chi connectivity index (χ1v) is 5.13. The molecular weight excluding hydrogens is 284 g/mol. The van der Waals surface area contributed by atoms with Crippen LogP contribution in [0.3, 0.4) is 0 Å². The SMILES string of the molecule is COc1ccc(Br)cc1[C@@H](N)CCF.Cl. The van der Waals surface area contributed by atoms with Crippen LogP contribution in [-0.4, -0.2) is 13.8 Å². The van der Waals surface area contributed by atoms with Crippen LogP contribution in [0.25, 0.3) is 0 Å². The molecule has 15 heavy (non-hydrogen) atoms. The van der Waals surface area contributed by atoms with Crippen LogP contribution in [0.15, 0.2) is 22.7 Å². The molecule has 0 bridgehead atoms. The van der Waals surface area contributed by atoms with Crippen molar-refractivity contribution in [1.82, 2.24) is 0 Å². The largest absolute Gasteiger partial charge is 0.496 e. The Morgan fingerprint density at radius 1 is 1.53 bits per heavy atom. The Morgan fingerprint density at radius 3 is 2.73 bits per heavy atom. The molecule has 0 fully saturated rings. The van der Waals surface area contributed by atoms with E-state index < -0.39 is 6.67 Å². The summed E-state index contributed by atoms with van der Waals surface area (Å²) in [6.07, 6.45) is 0.312. The molecule has 1 rings (SSSR count). The van der Waals surface area contributed by atoms with Crippen molar-refractivity contribution in [3.8, 4) is 5.75 Å². The third-order valence-corrected chi connectivity index (χ3v) is 2.50. The Morgan fingerprint density at radius 2 is 2.20 bits per heavy atom. The van der Waals surface area contributed by atoms with E-state index in [2.05, 4.69) is 15.9 Å². The first kappa shape index (κ1) is 14.7. The highest BCUT2D eigenvalue weighted by Crippen LogP contribution is 2.28. The minimum absolute atomic E-state index is 0. The van der Waals surface area contributed by atoms with Gasteiger partial charge in [0.05, 0.1) is 13.8 Å². The lowest BCUT2D eigenvalue weighted by molar-refractivity contribution is 0.395. The highest BCUT2D eigenvalue weighted by Gasteiger charge is 2.11. The molecule has 0 saturated heterocycles. The van der Waals surface area contributed by atoms with Gasteiger partial charge in [0.15, 0.2) is 0 Å². The Hall–Kier alpha value is -0.320. The van der Waals surface area contributed by atoms with Gasteiger partial charge in [-0.1, -0.05) is 15.9 Å². The molecule has 0 heterocycles. The third-order valence-electron chi connectivity index (χ3n) is 2.01. The standard InChI is InChI=1S/C10H13BrFNO.ClH/c1-14-10-3-2-7(11)6-8(10)9(13)4-5-12;/h2-3,6,9H,4-5,13H2,1H3;1H/t9-;/m0./s1. The molecule has 1 atom stereocenters. The summed E-state index contributed by atoms with van der Waals surface area (Å²) in [6, 6.07) is 5.23. The molecule has 5 heteroatoms. The zero-order valence-electron chi connectivity index (χ0n) is 8.37. The highest BCUT2D eigenvalue weighted by atomic mass is 79.9. The van der Waals surface area contributed by atoms with E-state index in [9.17, 15) is 4.39 Å². The summed E-state index contributed by atoms with van der Waals surface area (Å²) in [4.78, 5) is 0. The summed E-state index contributed by atoms with van der Waals surface area (Å²) in [6.45, 7) is -0.420. The van der Waals surface area contributed by atoms with E-state index >= 15 is 0 Å². The molecule has 2 nitrogen and oxygen atoms in total. The predicted molar refractivity (Wildman–Crippen MR) is 65.5 cm³/mol. The van der Waals surface area contributed by atoms with Crippen molar-refractivity contribution >= 4 is 28.3 Å². The van der Waals surface area contributed by atoms with Gasteiger partial charge in [0.25, 0.3) is 0 Å². The normalized spacial score (nSPS) is 11.7. The predicted octanol–water partition coefficient (Wildman–Crippen LogP) is 3.24. The summed E-state index contributed by atoms with van der Waals surface area (Å²) in [5.41, 5.74) is 6.64. The van der Waals surface area contributed by atoms with Crippen molar-refractivity contribution in [2.45, 2.75) is 12.5 Å². The number of methoxy groups -OCH3 is 1. The summed E-state index contributed by atoms with van der Waals surface area (Å²) in [5, 5.41) is 0. The lowest BCUT2D eigenvalue weighted by Crippen LogP contribution is -2.12. The number of benzene rings is 1. The minimum atomic E-state index is -0.420. The topological polar surface area (TPSA) is 35.2 Å². The molecule has 0 radical (unpaired) electrons. The van der Waals surface area contributed by atoms with Gasteiger partial charge in [-0.2, -0.15) is 0 Å². The van der Waals surface area contributed by atoms with Gasteiger partial charge in [0.1, 0.15) is 5.75 Å². The van der Waals surface area contributed by atoms with E-state index in [1.807, 2.05) is 18.2 Å². The van der Waals surface area contributed by atoms with Crippen LogP contribution in [0.4, 0.5) is 4.39 Å². The van der Waals surface area contributed by atoms with Crippen molar-refractivity contribution in [3.63, 3.8) is 0 Å². The number of nitrogens with two attached hydrogens (primary N) is 1. The summed E-state index contributed by atoms with van der Waals surface area (Å²) in [7, 11) is 1.58. The summed E-state index contributed by atoms with van der Waals surface area (Å²) < 4.78 is 18.2. The van der Waals surface area contributed by atoms with E-state index in [1.165, 1.54) is 0 Å². The van der Waals surface area contributed by atoms with Crippen LogP contribution in [0.2, 0.25) is 0 Å². The second kappa shape index (κ2) is 7.04. The number of hydrogen-bond acceptors (Lipinski definition) is 2. The average molecular weight is 299 g/mol. The number of halogens is 3. The first-order chi connectivity index (χ1) is 6.69. The fourth-order valence-electron chi connectivity index (χ4n) is 1.27. The monoisotopic (exact) mass is 297 g/mol.